The van der Waals surface area contributed by atoms with Crippen molar-refractivity contribution in [1.82, 2.24) is 10.2 Å². The van der Waals surface area contributed by atoms with Crippen LogP contribution < -0.4 is 11.1 Å². The zero-order valence-electron chi connectivity index (χ0n) is 22.7. The van der Waals surface area contributed by atoms with Gasteiger partial charge in [0.15, 0.2) is 0 Å². The van der Waals surface area contributed by atoms with Gasteiger partial charge in [-0.3, -0.25) is 4.79 Å². The number of fused-ring (bicyclic) bond motifs is 2. The fourth-order valence-corrected chi connectivity index (χ4v) is 8.56. The van der Waals surface area contributed by atoms with Gasteiger partial charge in [0.2, 0.25) is 5.91 Å². The van der Waals surface area contributed by atoms with E-state index < -0.39 is 6.03 Å². The second-order valence-electron chi connectivity index (χ2n) is 12.4. The van der Waals surface area contributed by atoms with Gasteiger partial charge in [-0.1, -0.05) is 26.0 Å². The molecule has 0 radical (unpaired) electrons. The number of hydrogen-bond acceptors (Lipinski definition) is 4. The SMILES string of the molecule is CCOC1C2CC=CCC2C(OCC)C2C(=O)N(C3CCC(CC4(NC(N)=O)CC4)[C@H](C)C3C)CC12. The Kier molecular flexibility index (Phi) is 7.43. The maximum atomic E-state index is 14.2. The van der Waals surface area contributed by atoms with Crippen LogP contribution in [0.2, 0.25) is 0 Å². The number of carbonyl (C=O) groups excluding carboxylic acids is 2. The molecule has 1 aliphatic heterocycles. The van der Waals surface area contributed by atoms with Crippen LogP contribution in [0.4, 0.5) is 4.79 Å². The molecule has 1 heterocycles. The maximum Gasteiger partial charge on any atom is 0.312 e. The van der Waals surface area contributed by atoms with Gasteiger partial charge in [0.1, 0.15) is 0 Å². The molecule has 1 saturated heterocycles. The number of carbonyl (C=O) groups is 2. The van der Waals surface area contributed by atoms with Crippen LogP contribution >= 0.6 is 0 Å². The minimum atomic E-state index is -0.407. The summed E-state index contributed by atoms with van der Waals surface area (Å²) in [5.74, 6) is 2.65. The molecule has 5 rings (SSSR count). The van der Waals surface area contributed by atoms with E-state index in [4.69, 9.17) is 15.2 Å². The number of nitrogens with two attached hydrogens (primary N) is 1. The van der Waals surface area contributed by atoms with Crippen molar-refractivity contribution in [3.05, 3.63) is 12.2 Å². The van der Waals surface area contributed by atoms with Crippen molar-refractivity contribution in [2.24, 2.45) is 47.2 Å². The normalized spacial score (nSPS) is 43.1. The molecule has 202 valence electrons. The average molecular weight is 502 g/mol. The molecule has 3 amide bonds. The highest BCUT2D eigenvalue weighted by atomic mass is 16.5. The number of primary amides is 1. The minimum absolute atomic E-state index is 0.0113. The van der Waals surface area contributed by atoms with Crippen molar-refractivity contribution in [3.8, 4) is 0 Å². The van der Waals surface area contributed by atoms with Gasteiger partial charge < -0.3 is 25.4 Å². The fourth-order valence-electron chi connectivity index (χ4n) is 8.56. The lowest BCUT2D eigenvalue weighted by Gasteiger charge is -2.48. The van der Waals surface area contributed by atoms with E-state index in [1.165, 1.54) is 0 Å². The first kappa shape index (κ1) is 26.0. The van der Waals surface area contributed by atoms with Crippen LogP contribution in [-0.2, 0) is 14.3 Å². The zero-order valence-corrected chi connectivity index (χ0v) is 22.7. The Hall–Kier alpha value is -1.60. The Morgan fingerprint density at radius 3 is 2.28 bits per heavy atom. The highest BCUT2D eigenvalue weighted by Crippen LogP contribution is 2.52. The van der Waals surface area contributed by atoms with Crippen LogP contribution in [0.1, 0.15) is 72.6 Å². The second kappa shape index (κ2) is 10.3. The molecule has 3 saturated carbocycles. The van der Waals surface area contributed by atoms with E-state index >= 15 is 0 Å². The van der Waals surface area contributed by atoms with Gasteiger partial charge in [0.05, 0.1) is 18.1 Å². The quantitative estimate of drug-likeness (QED) is 0.490. The number of nitrogens with zero attached hydrogens (tertiary/aromatic N) is 1. The fraction of sp³-hybridized carbons (Fsp3) is 0.862. The van der Waals surface area contributed by atoms with E-state index in [9.17, 15) is 9.59 Å². The minimum Gasteiger partial charge on any atom is -0.378 e. The predicted molar refractivity (Wildman–Crippen MR) is 139 cm³/mol. The third-order valence-electron chi connectivity index (χ3n) is 10.6. The number of allylic oxidation sites excluding steroid dienone is 2. The van der Waals surface area contributed by atoms with Gasteiger partial charge in [0.25, 0.3) is 0 Å². The standard InChI is InChI=1S/C29H47N3O4/c1-5-35-25-20-9-7-8-10-21(20)26(36-6-2)24-22(25)16-32(27(24)33)23-12-11-19(17(3)18(23)4)15-29(13-14-29)31-28(30)34/h7-8,17-26H,5-6,9-16H2,1-4H3,(H3,30,31,34)/t17-,18?,19?,20?,21?,22?,23?,24?,25?,26?/m1/s1. The summed E-state index contributed by atoms with van der Waals surface area (Å²) in [6.45, 7) is 10.9. The van der Waals surface area contributed by atoms with E-state index in [1.807, 2.05) is 0 Å². The molecule has 0 aromatic carbocycles. The number of urea groups is 1. The molecule has 7 nitrogen and oxygen atoms in total. The molecule has 3 N–H and O–H groups in total. The van der Waals surface area contributed by atoms with Gasteiger partial charge in [0, 0.05) is 37.3 Å². The largest absolute Gasteiger partial charge is 0.378 e. The van der Waals surface area contributed by atoms with Gasteiger partial charge in [-0.15, -0.1) is 0 Å². The molecule has 0 spiro atoms. The molecule has 0 aromatic rings. The first-order valence-electron chi connectivity index (χ1n) is 14.6. The highest BCUT2D eigenvalue weighted by Gasteiger charge is 2.60. The highest BCUT2D eigenvalue weighted by molar-refractivity contribution is 5.83. The van der Waals surface area contributed by atoms with E-state index in [-0.39, 0.29) is 35.6 Å². The smallest absolute Gasteiger partial charge is 0.312 e. The number of likely N-dealkylation sites (tertiary alicyclic amines) is 1. The van der Waals surface area contributed by atoms with Crippen molar-refractivity contribution in [2.75, 3.05) is 19.8 Å². The zero-order chi connectivity index (χ0) is 25.6. The number of rotatable bonds is 8. The summed E-state index contributed by atoms with van der Waals surface area (Å²) in [6.07, 6.45) is 11.9. The molecule has 9 unspecified atom stereocenters. The number of amides is 3. The first-order chi connectivity index (χ1) is 17.3. The summed E-state index contributed by atoms with van der Waals surface area (Å²) >= 11 is 0. The van der Waals surface area contributed by atoms with Crippen molar-refractivity contribution in [3.63, 3.8) is 0 Å². The van der Waals surface area contributed by atoms with Crippen molar-refractivity contribution in [1.29, 1.82) is 0 Å². The molecular formula is C29H47N3O4. The Labute approximate surface area is 216 Å². The van der Waals surface area contributed by atoms with Crippen LogP contribution in [0.5, 0.6) is 0 Å². The molecule has 0 aromatic heterocycles. The molecular weight excluding hydrogens is 454 g/mol. The van der Waals surface area contributed by atoms with E-state index in [2.05, 4.69) is 50.1 Å². The Morgan fingerprint density at radius 1 is 1.03 bits per heavy atom. The Balaban J connectivity index is 1.33. The lowest BCUT2D eigenvalue weighted by atomic mass is 9.62. The lowest BCUT2D eigenvalue weighted by Crippen LogP contribution is -2.55. The maximum absolute atomic E-state index is 14.2. The van der Waals surface area contributed by atoms with Gasteiger partial charge in [-0.05, 0) is 88.4 Å². The molecule has 10 atom stereocenters. The Morgan fingerprint density at radius 2 is 1.67 bits per heavy atom. The van der Waals surface area contributed by atoms with Crippen molar-refractivity contribution < 1.29 is 19.1 Å². The van der Waals surface area contributed by atoms with Crippen LogP contribution in [-0.4, -0.2) is 60.4 Å². The van der Waals surface area contributed by atoms with E-state index in [0.717, 1.165) is 51.5 Å². The number of hydrogen-bond donors (Lipinski definition) is 2. The van der Waals surface area contributed by atoms with Crippen LogP contribution in [0.15, 0.2) is 12.2 Å². The van der Waals surface area contributed by atoms with Crippen LogP contribution in [0, 0.1) is 41.4 Å². The summed E-state index contributed by atoms with van der Waals surface area (Å²) < 4.78 is 12.8. The summed E-state index contributed by atoms with van der Waals surface area (Å²) in [5.41, 5.74) is 5.37. The molecule has 4 fully saturated rings. The topological polar surface area (TPSA) is 93.9 Å². The van der Waals surface area contributed by atoms with E-state index in [1.54, 1.807) is 0 Å². The van der Waals surface area contributed by atoms with Crippen molar-refractivity contribution in [2.45, 2.75) is 96.4 Å². The summed E-state index contributed by atoms with van der Waals surface area (Å²) in [4.78, 5) is 27.9. The Bertz CT molecular complexity index is 857. The van der Waals surface area contributed by atoms with Crippen LogP contribution in [0.25, 0.3) is 0 Å². The first-order valence-corrected chi connectivity index (χ1v) is 14.6. The van der Waals surface area contributed by atoms with Gasteiger partial charge in [-0.25, -0.2) is 4.79 Å². The monoisotopic (exact) mass is 501 g/mol. The average Bonchev–Trinajstić information content (AvgIpc) is 3.51. The second-order valence-corrected chi connectivity index (χ2v) is 12.4. The molecule has 7 heteroatoms. The third-order valence-corrected chi connectivity index (χ3v) is 10.6. The lowest BCUT2D eigenvalue weighted by molar-refractivity contribution is -0.162. The number of nitrogens with one attached hydrogen (secondary N) is 1. The third kappa shape index (κ3) is 4.59. The molecule has 5 aliphatic rings. The van der Waals surface area contributed by atoms with Crippen molar-refractivity contribution >= 4 is 11.9 Å². The summed E-state index contributed by atoms with van der Waals surface area (Å²) in [7, 11) is 0. The molecule has 36 heavy (non-hydrogen) atoms. The molecule has 0 bridgehead atoms. The number of ether oxygens (including phenoxy) is 2. The molecule has 4 aliphatic carbocycles. The summed E-state index contributed by atoms with van der Waals surface area (Å²) in [6, 6.07) is -0.145. The van der Waals surface area contributed by atoms with Gasteiger partial charge >= 0.3 is 6.03 Å². The van der Waals surface area contributed by atoms with E-state index in [0.29, 0.717) is 48.7 Å². The summed E-state index contributed by atoms with van der Waals surface area (Å²) in [5, 5.41) is 3.02. The van der Waals surface area contributed by atoms with Gasteiger partial charge in [-0.2, -0.15) is 0 Å². The predicted octanol–water partition coefficient (Wildman–Crippen LogP) is 4.11. The van der Waals surface area contributed by atoms with Crippen LogP contribution in [0.3, 0.4) is 0 Å².